The third-order valence-electron chi connectivity index (χ3n) is 3.59. The number of piperidine rings is 1. The molecule has 0 aliphatic carbocycles. The number of anilines is 1. The number of hydrogen-bond acceptors (Lipinski definition) is 4. The molecule has 2 N–H and O–H groups in total. The molecule has 1 aromatic heterocycles. The molecule has 1 aliphatic heterocycles. The van der Waals surface area contributed by atoms with Crippen molar-refractivity contribution in [3.05, 3.63) is 42.1 Å². The highest BCUT2D eigenvalue weighted by atomic mass is 19.1. The highest BCUT2D eigenvalue weighted by molar-refractivity contribution is 5.61. The average Bonchev–Trinajstić information content (AvgIpc) is 2.50. The fourth-order valence-corrected chi connectivity index (χ4v) is 2.54. The largest absolute Gasteiger partial charge is 0.339 e. The molecule has 0 spiro atoms. The van der Waals surface area contributed by atoms with Crippen LogP contribution in [-0.2, 0) is 0 Å². The Morgan fingerprint density at radius 3 is 2.90 bits per heavy atom. The van der Waals surface area contributed by atoms with E-state index in [9.17, 15) is 8.78 Å². The standard InChI is InChI=1S/C15H16F2N4/c16-10-3-4-13(17)12(8-10)14-5-6-19-15(20-14)21-7-1-2-11(18)9-21/h3-6,8,11H,1-2,7,9,18H2. The van der Waals surface area contributed by atoms with Crippen molar-refractivity contribution >= 4 is 5.95 Å². The molecule has 1 atom stereocenters. The van der Waals surface area contributed by atoms with Crippen LogP contribution in [0.3, 0.4) is 0 Å². The molecule has 0 radical (unpaired) electrons. The molecule has 0 amide bonds. The third kappa shape index (κ3) is 3.00. The van der Waals surface area contributed by atoms with Crippen LogP contribution in [0.1, 0.15) is 12.8 Å². The van der Waals surface area contributed by atoms with Crippen LogP contribution >= 0.6 is 0 Å². The lowest BCUT2D eigenvalue weighted by Gasteiger charge is -2.30. The Bertz CT molecular complexity index is 647. The van der Waals surface area contributed by atoms with Crippen LogP contribution in [0.2, 0.25) is 0 Å². The Hall–Kier alpha value is -2.08. The molecule has 2 heterocycles. The molecule has 0 bridgehead atoms. The van der Waals surface area contributed by atoms with E-state index in [-0.39, 0.29) is 11.6 Å². The van der Waals surface area contributed by atoms with Crippen LogP contribution in [0.15, 0.2) is 30.5 Å². The van der Waals surface area contributed by atoms with Gasteiger partial charge in [0.05, 0.1) is 5.69 Å². The minimum atomic E-state index is -0.503. The maximum absolute atomic E-state index is 13.8. The maximum atomic E-state index is 13.8. The van der Waals surface area contributed by atoms with Gasteiger partial charge in [0.2, 0.25) is 5.95 Å². The van der Waals surface area contributed by atoms with Crippen LogP contribution in [0, 0.1) is 11.6 Å². The van der Waals surface area contributed by atoms with Crippen molar-refractivity contribution in [1.82, 2.24) is 9.97 Å². The molecule has 1 aliphatic rings. The summed E-state index contributed by atoms with van der Waals surface area (Å²) in [6, 6.07) is 5.00. The van der Waals surface area contributed by atoms with Gasteiger partial charge in [0.15, 0.2) is 0 Å². The minimum Gasteiger partial charge on any atom is -0.339 e. The summed E-state index contributed by atoms with van der Waals surface area (Å²) in [5.74, 6) is -0.491. The SMILES string of the molecule is NC1CCCN(c2nccc(-c3cc(F)ccc3F)n2)C1. The second-order valence-corrected chi connectivity index (χ2v) is 5.21. The van der Waals surface area contributed by atoms with Crippen LogP contribution < -0.4 is 10.6 Å². The quantitative estimate of drug-likeness (QED) is 0.922. The Labute approximate surface area is 121 Å². The predicted molar refractivity (Wildman–Crippen MR) is 76.8 cm³/mol. The van der Waals surface area contributed by atoms with Gasteiger partial charge in [-0.2, -0.15) is 0 Å². The van der Waals surface area contributed by atoms with Gasteiger partial charge in [-0.1, -0.05) is 0 Å². The number of nitrogens with zero attached hydrogens (tertiary/aromatic N) is 3. The summed E-state index contributed by atoms with van der Waals surface area (Å²) in [7, 11) is 0. The normalized spacial score (nSPS) is 18.8. The Balaban J connectivity index is 1.94. The number of rotatable bonds is 2. The van der Waals surface area contributed by atoms with E-state index < -0.39 is 11.6 Å². The monoisotopic (exact) mass is 290 g/mol. The number of nitrogens with two attached hydrogens (primary N) is 1. The van der Waals surface area contributed by atoms with Gasteiger partial charge in [-0.3, -0.25) is 0 Å². The fraction of sp³-hybridized carbons (Fsp3) is 0.333. The van der Waals surface area contributed by atoms with Crippen molar-refractivity contribution in [3.8, 4) is 11.3 Å². The molecule has 1 aromatic carbocycles. The van der Waals surface area contributed by atoms with Crippen molar-refractivity contribution in [2.75, 3.05) is 18.0 Å². The molecule has 4 nitrogen and oxygen atoms in total. The van der Waals surface area contributed by atoms with Crippen LogP contribution in [0.5, 0.6) is 0 Å². The molecule has 2 aromatic rings. The zero-order valence-corrected chi connectivity index (χ0v) is 11.5. The number of aromatic nitrogens is 2. The van der Waals surface area contributed by atoms with E-state index in [0.29, 0.717) is 18.2 Å². The zero-order valence-electron chi connectivity index (χ0n) is 11.5. The average molecular weight is 290 g/mol. The summed E-state index contributed by atoms with van der Waals surface area (Å²) in [5.41, 5.74) is 6.46. The van der Waals surface area contributed by atoms with Crippen molar-refractivity contribution in [3.63, 3.8) is 0 Å². The smallest absolute Gasteiger partial charge is 0.225 e. The molecule has 1 saturated heterocycles. The summed E-state index contributed by atoms with van der Waals surface area (Å²) in [6.07, 6.45) is 3.51. The lowest BCUT2D eigenvalue weighted by atomic mass is 10.1. The third-order valence-corrected chi connectivity index (χ3v) is 3.59. The van der Waals surface area contributed by atoms with Gasteiger partial charge in [0.1, 0.15) is 11.6 Å². The molecule has 1 unspecified atom stereocenters. The van der Waals surface area contributed by atoms with Gasteiger partial charge in [-0.05, 0) is 37.1 Å². The molecule has 0 saturated carbocycles. The van der Waals surface area contributed by atoms with E-state index >= 15 is 0 Å². The predicted octanol–water partition coefficient (Wildman–Crippen LogP) is 2.35. The molecule has 21 heavy (non-hydrogen) atoms. The van der Waals surface area contributed by atoms with Crippen LogP contribution in [0.4, 0.5) is 14.7 Å². The fourth-order valence-electron chi connectivity index (χ4n) is 2.54. The molecule has 6 heteroatoms. The summed E-state index contributed by atoms with van der Waals surface area (Å²) in [6.45, 7) is 1.50. The Morgan fingerprint density at radius 2 is 2.10 bits per heavy atom. The van der Waals surface area contributed by atoms with Gasteiger partial charge < -0.3 is 10.6 Å². The highest BCUT2D eigenvalue weighted by Crippen LogP contribution is 2.24. The molecular weight excluding hydrogens is 274 g/mol. The topological polar surface area (TPSA) is 55.0 Å². The van der Waals surface area contributed by atoms with Gasteiger partial charge in [0.25, 0.3) is 0 Å². The lowest BCUT2D eigenvalue weighted by Crippen LogP contribution is -2.43. The molecular formula is C15H16F2N4. The highest BCUT2D eigenvalue weighted by Gasteiger charge is 2.19. The second kappa shape index (κ2) is 5.73. The molecule has 1 fully saturated rings. The van der Waals surface area contributed by atoms with E-state index in [2.05, 4.69) is 9.97 Å². The zero-order chi connectivity index (χ0) is 14.8. The first-order valence-electron chi connectivity index (χ1n) is 6.92. The number of hydrogen-bond donors (Lipinski definition) is 1. The summed E-state index contributed by atoms with van der Waals surface area (Å²) >= 11 is 0. The molecule has 110 valence electrons. The van der Waals surface area contributed by atoms with E-state index in [1.165, 1.54) is 0 Å². The Kier molecular flexibility index (Phi) is 3.79. The van der Waals surface area contributed by atoms with Crippen molar-refractivity contribution < 1.29 is 8.78 Å². The van der Waals surface area contributed by atoms with Crippen molar-refractivity contribution in [1.29, 1.82) is 0 Å². The molecule has 3 rings (SSSR count). The van der Waals surface area contributed by atoms with Crippen LogP contribution in [0.25, 0.3) is 11.3 Å². The van der Waals surface area contributed by atoms with E-state index in [0.717, 1.165) is 37.6 Å². The Morgan fingerprint density at radius 1 is 1.24 bits per heavy atom. The second-order valence-electron chi connectivity index (χ2n) is 5.21. The van der Waals surface area contributed by atoms with E-state index in [1.807, 2.05) is 4.90 Å². The first-order valence-corrected chi connectivity index (χ1v) is 6.92. The first-order chi connectivity index (χ1) is 10.1. The van der Waals surface area contributed by atoms with Gasteiger partial charge in [-0.15, -0.1) is 0 Å². The van der Waals surface area contributed by atoms with Gasteiger partial charge >= 0.3 is 0 Å². The number of benzene rings is 1. The van der Waals surface area contributed by atoms with Crippen LogP contribution in [-0.4, -0.2) is 29.1 Å². The van der Waals surface area contributed by atoms with Crippen molar-refractivity contribution in [2.45, 2.75) is 18.9 Å². The van der Waals surface area contributed by atoms with Crippen molar-refractivity contribution in [2.24, 2.45) is 5.73 Å². The first kappa shape index (κ1) is 13.9. The lowest BCUT2D eigenvalue weighted by molar-refractivity contribution is 0.500. The van der Waals surface area contributed by atoms with Gasteiger partial charge in [0, 0.05) is 30.9 Å². The van der Waals surface area contributed by atoms with E-state index in [4.69, 9.17) is 5.73 Å². The number of halogens is 2. The summed E-state index contributed by atoms with van der Waals surface area (Å²) in [5, 5.41) is 0. The van der Waals surface area contributed by atoms with Gasteiger partial charge in [-0.25, -0.2) is 18.7 Å². The maximum Gasteiger partial charge on any atom is 0.225 e. The summed E-state index contributed by atoms with van der Waals surface area (Å²) in [4.78, 5) is 10.6. The summed E-state index contributed by atoms with van der Waals surface area (Å²) < 4.78 is 27.1. The minimum absolute atomic E-state index is 0.0944. The van der Waals surface area contributed by atoms with E-state index in [1.54, 1.807) is 12.3 Å².